The highest BCUT2D eigenvalue weighted by atomic mass is 19.4. The molecule has 1 amide bonds. The summed E-state index contributed by atoms with van der Waals surface area (Å²) >= 11 is 0. The molecule has 10 heteroatoms. The van der Waals surface area contributed by atoms with Crippen molar-refractivity contribution in [1.82, 2.24) is 4.90 Å². The maximum absolute atomic E-state index is 13.2. The molecule has 2 aromatic rings. The highest BCUT2D eigenvalue weighted by Crippen LogP contribution is 2.38. The molecule has 2 aliphatic rings. The van der Waals surface area contributed by atoms with E-state index in [0.29, 0.717) is 12.3 Å². The minimum atomic E-state index is -4.79. The fourth-order valence-electron chi connectivity index (χ4n) is 5.18. The van der Waals surface area contributed by atoms with Gasteiger partial charge in [-0.15, -0.1) is 0 Å². The monoisotopic (exact) mass is 504 g/mol. The fourth-order valence-corrected chi connectivity index (χ4v) is 5.18. The van der Waals surface area contributed by atoms with E-state index in [4.69, 9.17) is 0 Å². The van der Waals surface area contributed by atoms with Crippen molar-refractivity contribution < 1.29 is 22.9 Å². The van der Waals surface area contributed by atoms with Gasteiger partial charge in [0.15, 0.2) is 0 Å². The number of nitro groups is 1. The van der Waals surface area contributed by atoms with Crippen LogP contribution in [-0.4, -0.2) is 48.0 Å². The van der Waals surface area contributed by atoms with Gasteiger partial charge in [-0.1, -0.05) is 18.2 Å². The highest BCUT2D eigenvalue weighted by molar-refractivity contribution is 5.76. The van der Waals surface area contributed by atoms with E-state index in [1.165, 1.54) is 11.8 Å². The molecular weight excluding hydrogens is 473 g/mol. The van der Waals surface area contributed by atoms with Crippen molar-refractivity contribution in [2.75, 3.05) is 36.4 Å². The smallest absolute Gasteiger partial charge is 0.382 e. The highest BCUT2D eigenvalue weighted by Gasteiger charge is 2.38. The maximum Gasteiger partial charge on any atom is 0.423 e. The summed E-state index contributed by atoms with van der Waals surface area (Å²) in [6, 6.07) is 13.3. The summed E-state index contributed by atoms with van der Waals surface area (Å²) in [5.41, 5.74) is -0.767. The van der Waals surface area contributed by atoms with Gasteiger partial charge in [-0.05, 0) is 62.3 Å². The summed E-state index contributed by atoms with van der Waals surface area (Å²) in [6.45, 7) is 3.09. The van der Waals surface area contributed by atoms with E-state index in [0.717, 1.165) is 70.4 Å². The average molecular weight is 505 g/mol. The van der Waals surface area contributed by atoms with Crippen molar-refractivity contribution in [3.8, 4) is 0 Å². The molecule has 7 nitrogen and oxygen atoms in total. The number of nitrogens with zero attached hydrogens (tertiary/aromatic N) is 3. The first-order valence-electron chi connectivity index (χ1n) is 12.4. The Balaban J connectivity index is 1.20. The first kappa shape index (κ1) is 25.8. The van der Waals surface area contributed by atoms with Gasteiger partial charge in [-0.3, -0.25) is 14.9 Å². The average Bonchev–Trinajstić information content (AvgIpc) is 2.88. The van der Waals surface area contributed by atoms with Crippen LogP contribution in [0.2, 0.25) is 0 Å². The van der Waals surface area contributed by atoms with E-state index >= 15 is 0 Å². The van der Waals surface area contributed by atoms with Gasteiger partial charge < -0.3 is 15.1 Å². The molecule has 1 heterocycles. The van der Waals surface area contributed by atoms with Crippen LogP contribution in [0.5, 0.6) is 0 Å². The molecule has 2 fully saturated rings. The molecule has 1 saturated heterocycles. The normalized spacial score (nSPS) is 20.8. The molecule has 0 unspecified atom stereocenters. The molecule has 36 heavy (non-hydrogen) atoms. The van der Waals surface area contributed by atoms with Crippen molar-refractivity contribution >= 4 is 23.0 Å². The fraction of sp³-hybridized carbons (Fsp3) is 0.500. The number of anilines is 2. The summed E-state index contributed by atoms with van der Waals surface area (Å²) in [7, 11) is 0. The van der Waals surface area contributed by atoms with E-state index in [2.05, 4.69) is 22.3 Å². The molecule has 0 atom stereocenters. The minimum Gasteiger partial charge on any atom is -0.382 e. The molecule has 1 aliphatic carbocycles. The predicted molar refractivity (Wildman–Crippen MR) is 132 cm³/mol. The Morgan fingerprint density at radius 3 is 2.28 bits per heavy atom. The lowest BCUT2D eigenvalue weighted by atomic mass is 9.83. The molecule has 194 valence electrons. The molecule has 0 spiro atoms. The van der Waals surface area contributed by atoms with Gasteiger partial charge in [0.2, 0.25) is 5.91 Å². The van der Waals surface area contributed by atoms with Crippen molar-refractivity contribution in [2.45, 2.75) is 50.7 Å². The van der Waals surface area contributed by atoms with Crippen LogP contribution in [0.1, 0.15) is 44.1 Å². The molecule has 4 rings (SSSR count). The van der Waals surface area contributed by atoms with Gasteiger partial charge >= 0.3 is 6.18 Å². The number of para-hydroxylation sites is 1. The van der Waals surface area contributed by atoms with Crippen LogP contribution >= 0.6 is 0 Å². The zero-order chi connectivity index (χ0) is 25.7. The second-order valence-corrected chi connectivity index (χ2v) is 9.59. The van der Waals surface area contributed by atoms with E-state index in [9.17, 15) is 28.1 Å². The zero-order valence-electron chi connectivity index (χ0n) is 20.0. The number of halogens is 3. The van der Waals surface area contributed by atoms with Crippen LogP contribution in [0.4, 0.5) is 30.2 Å². The quantitative estimate of drug-likeness (QED) is 0.386. The van der Waals surface area contributed by atoms with E-state index in [1.807, 2.05) is 23.1 Å². The van der Waals surface area contributed by atoms with Crippen LogP contribution in [0.3, 0.4) is 0 Å². The number of hydrogen-bond acceptors (Lipinski definition) is 5. The minimum absolute atomic E-state index is 0.00514. The third kappa shape index (κ3) is 6.47. The number of nitro benzene ring substituents is 1. The number of amides is 1. The number of hydrogen-bond donors (Lipinski definition) is 1. The topological polar surface area (TPSA) is 78.7 Å². The molecule has 0 radical (unpaired) electrons. The van der Waals surface area contributed by atoms with Crippen molar-refractivity contribution in [2.24, 2.45) is 5.92 Å². The number of alkyl halides is 3. The van der Waals surface area contributed by atoms with Crippen molar-refractivity contribution in [3.05, 3.63) is 64.2 Å². The van der Waals surface area contributed by atoms with Gasteiger partial charge in [0, 0.05) is 56.1 Å². The Bertz CT molecular complexity index is 1050. The number of carbonyl (C=O) groups excluding carboxylic acids is 1. The van der Waals surface area contributed by atoms with Crippen molar-refractivity contribution in [1.29, 1.82) is 0 Å². The van der Waals surface area contributed by atoms with Crippen LogP contribution in [0.25, 0.3) is 0 Å². The number of benzene rings is 2. The first-order chi connectivity index (χ1) is 17.2. The number of piperazine rings is 1. The van der Waals surface area contributed by atoms with Crippen molar-refractivity contribution in [3.63, 3.8) is 0 Å². The summed E-state index contributed by atoms with van der Waals surface area (Å²) in [6.07, 6.45) is -0.0956. The Kier molecular flexibility index (Phi) is 8.01. The number of carbonyl (C=O) groups is 1. The molecule has 1 saturated carbocycles. The van der Waals surface area contributed by atoms with Gasteiger partial charge in [-0.2, -0.15) is 13.2 Å². The predicted octanol–water partition coefficient (Wildman–Crippen LogP) is 5.71. The van der Waals surface area contributed by atoms with Gasteiger partial charge in [0.1, 0.15) is 5.56 Å². The summed E-state index contributed by atoms with van der Waals surface area (Å²) in [5, 5.41) is 14.1. The van der Waals surface area contributed by atoms with Crippen LogP contribution < -0.4 is 10.2 Å². The van der Waals surface area contributed by atoms with Gasteiger partial charge in [0.05, 0.1) is 4.92 Å². The number of rotatable bonds is 7. The Morgan fingerprint density at radius 2 is 1.67 bits per heavy atom. The number of nitrogens with one attached hydrogen (secondary N) is 1. The maximum atomic E-state index is 13.2. The van der Waals surface area contributed by atoms with E-state index < -0.39 is 22.4 Å². The Labute approximate surface area is 208 Å². The Morgan fingerprint density at radius 1 is 1.00 bits per heavy atom. The molecule has 0 aromatic heterocycles. The van der Waals surface area contributed by atoms with Crippen LogP contribution in [0, 0.1) is 16.0 Å². The molecule has 1 aliphatic heterocycles. The third-order valence-electron chi connectivity index (χ3n) is 7.24. The SMILES string of the molecule is O=C(CC[C@H]1CC[C@H](Nc2ccc([N+](=O)[O-])c(C(F)(F)F)c2)CC1)N1CCN(c2ccccc2)CC1. The first-order valence-corrected chi connectivity index (χ1v) is 12.4. The van der Waals surface area contributed by atoms with Gasteiger partial charge in [-0.25, -0.2) is 0 Å². The molecule has 0 bridgehead atoms. The lowest BCUT2D eigenvalue weighted by molar-refractivity contribution is -0.388. The second kappa shape index (κ2) is 11.2. The summed E-state index contributed by atoms with van der Waals surface area (Å²) in [5.74, 6) is 0.605. The largest absolute Gasteiger partial charge is 0.423 e. The zero-order valence-corrected chi connectivity index (χ0v) is 20.0. The Hall–Kier alpha value is -3.30. The van der Waals surface area contributed by atoms with Gasteiger partial charge in [0.25, 0.3) is 5.69 Å². The summed E-state index contributed by atoms with van der Waals surface area (Å²) in [4.78, 5) is 26.9. The molecule has 2 aromatic carbocycles. The molecule has 1 N–H and O–H groups in total. The lowest BCUT2D eigenvalue weighted by Gasteiger charge is -2.36. The standard InChI is InChI=1S/C26H31F3N4O3/c27-26(28,29)23-18-21(11-12-24(23)33(35)36)30-20-9-6-19(7-10-20)8-13-25(34)32-16-14-31(15-17-32)22-4-2-1-3-5-22/h1-5,11-12,18-20,30H,6-10,13-17H2/t19-,20-. The van der Waals surface area contributed by atoms with Crippen LogP contribution in [-0.2, 0) is 11.0 Å². The van der Waals surface area contributed by atoms with E-state index in [1.54, 1.807) is 0 Å². The van der Waals surface area contributed by atoms with E-state index in [-0.39, 0.29) is 17.6 Å². The second-order valence-electron chi connectivity index (χ2n) is 9.59. The van der Waals surface area contributed by atoms with Crippen LogP contribution in [0.15, 0.2) is 48.5 Å². The molecular formula is C26H31F3N4O3. The lowest BCUT2D eigenvalue weighted by Crippen LogP contribution is -2.48. The third-order valence-corrected chi connectivity index (χ3v) is 7.24. The summed E-state index contributed by atoms with van der Waals surface area (Å²) < 4.78 is 39.7.